The second kappa shape index (κ2) is 4.74. The van der Waals surface area contributed by atoms with Gasteiger partial charge in [0.2, 0.25) is 0 Å². The van der Waals surface area contributed by atoms with Crippen molar-refractivity contribution in [1.82, 2.24) is 0 Å². The van der Waals surface area contributed by atoms with Crippen molar-refractivity contribution in [2.75, 3.05) is 14.2 Å². The van der Waals surface area contributed by atoms with Gasteiger partial charge in [0, 0.05) is 37.6 Å². The van der Waals surface area contributed by atoms with E-state index in [1.165, 1.54) is 32.4 Å². The first-order chi connectivity index (χ1) is 8.91. The summed E-state index contributed by atoms with van der Waals surface area (Å²) in [4.78, 5) is 11.6. The van der Waals surface area contributed by atoms with Gasteiger partial charge in [0.05, 0.1) is 0 Å². The average Bonchev–Trinajstić information content (AvgIpc) is 2.31. The zero-order valence-corrected chi connectivity index (χ0v) is 11.3. The summed E-state index contributed by atoms with van der Waals surface area (Å²) in [5, 5.41) is 9.57. The minimum absolute atomic E-state index is 0.00566. The van der Waals surface area contributed by atoms with E-state index < -0.39 is 23.0 Å². The fraction of sp³-hybridized carbons (Fsp3) is 0.462. The molecule has 1 fully saturated rings. The molecule has 0 radical (unpaired) electrons. The predicted octanol–water partition coefficient (Wildman–Crippen LogP) is 2.58. The van der Waals surface area contributed by atoms with Crippen molar-refractivity contribution in [1.29, 1.82) is 0 Å². The van der Waals surface area contributed by atoms with Gasteiger partial charge in [-0.2, -0.15) is 0 Å². The van der Waals surface area contributed by atoms with Crippen molar-refractivity contribution in [3.63, 3.8) is 0 Å². The van der Waals surface area contributed by atoms with Gasteiger partial charge in [-0.3, -0.25) is 4.79 Å². The Kier molecular flexibility index (Phi) is 3.55. The molecule has 0 aliphatic heterocycles. The molecule has 1 aromatic rings. The molecule has 0 bridgehead atoms. The van der Waals surface area contributed by atoms with Crippen LogP contribution in [0.5, 0.6) is 0 Å². The molecule has 19 heavy (non-hydrogen) atoms. The lowest BCUT2D eigenvalue weighted by Crippen LogP contribution is -2.61. The minimum atomic E-state index is -1.41. The summed E-state index contributed by atoms with van der Waals surface area (Å²) in [6, 6.07) is 4.12. The molecular weight excluding hydrogens is 275 g/mol. The maximum atomic E-state index is 14.0. The van der Waals surface area contributed by atoms with Gasteiger partial charge in [-0.25, -0.2) is 4.39 Å². The van der Waals surface area contributed by atoms with Crippen molar-refractivity contribution in [2.24, 2.45) is 0 Å². The number of halogens is 2. The number of ether oxygens (including phenoxy) is 2. The Hall–Kier alpha value is -1.17. The molecule has 1 aliphatic rings. The van der Waals surface area contributed by atoms with Gasteiger partial charge in [-0.05, 0) is 12.1 Å². The molecule has 6 heteroatoms. The smallest absolute Gasteiger partial charge is 0.314 e. The normalized spacial score (nSPS) is 19.8. The third-order valence-electron chi connectivity index (χ3n) is 3.74. The van der Waals surface area contributed by atoms with Crippen LogP contribution in [0.1, 0.15) is 18.4 Å². The van der Waals surface area contributed by atoms with E-state index in [4.69, 9.17) is 21.1 Å². The molecule has 1 aromatic carbocycles. The highest BCUT2D eigenvalue weighted by molar-refractivity contribution is 6.31. The van der Waals surface area contributed by atoms with Gasteiger partial charge in [-0.1, -0.05) is 17.7 Å². The maximum absolute atomic E-state index is 14.0. The van der Waals surface area contributed by atoms with E-state index in [-0.39, 0.29) is 23.4 Å². The zero-order valence-electron chi connectivity index (χ0n) is 10.6. The van der Waals surface area contributed by atoms with Crippen LogP contribution in [0.15, 0.2) is 18.2 Å². The summed E-state index contributed by atoms with van der Waals surface area (Å²) >= 11 is 5.97. The molecule has 4 nitrogen and oxygen atoms in total. The highest BCUT2D eigenvalue weighted by atomic mass is 35.5. The Labute approximate surface area is 115 Å². The topological polar surface area (TPSA) is 55.8 Å². The van der Waals surface area contributed by atoms with Gasteiger partial charge in [-0.15, -0.1) is 0 Å². The van der Waals surface area contributed by atoms with Crippen molar-refractivity contribution < 1.29 is 23.8 Å². The Morgan fingerprint density at radius 2 is 1.95 bits per heavy atom. The van der Waals surface area contributed by atoms with Crippen LogP contribution < -0.4 is 0 Å². The van der Waals surface area contributed by atoms with Gasteiger partial charge in [0.25, 0.3) is 0 Å². The van der Waals surface area contributed by atoms with E-state index in [1.807, 2.05) is 0 Å². The molecular formula is C13H14ClFO4. The van der Waals surface area contributed by atoms with E-state index >= 15 is 0 Å². The van der Waals surface area contributed by atoms with E-state index in [1.54, 1.807) is 0 Å². The first-order valence-corrected chi connectivity index (χ1v) is 6.07. The van der Waals surface area contributed by atoms with Gasteiger partial charge in [0.15, 0.2) is 5.79 Å². The maximum Gasteiger partial charge on any atom is 0.314 e. The Balaban J connectivity index is 2.48. The predicted molar refractivity (Wildman–Crippen MR) is 66.7 cm³/mol. The molecule has 1 saturated carbocycles. The summed E-state index contributed by atoms with van der Waals surface area (Å²) in [5.41, 5.74) is -1.41. The van der Waals surface area contributed by atoms with E-state index in [9.17, 15) is 14.3 Å². The van der Waals surface area contributed by atoms with Crippen LogP contribution in [0, 0.1) is 5.82 Å². The van der Waals surface area contributed by atoms with Crippen molar-refractivity contribution in [3.8, 4) is 0 Å². The summed E-state index contributed by atoms with van der Waals surface area (Å²) in [6.07, 6.45) is 0.0337. The number of methoxy groups -OCH3 is 2. The molecule has 104 valence electrons. The molecule has 1 N–H and O–H groups in total. The average molecular weight is 289 g/mol. The van der Waals surface area contributed by atoms with Crippen LogP contribution in [0.2, 0.25) is 5.02 Å². The Morgan fingerprint density at radius 3 is 2.37 bits per heavy atom. The summed E-state index contributed by atoms with van der Waals surface area (Å²) in [6.45, 7) is 0. The molecule has 0 spiro atoms. The standard InChI is InChI=1S/C13H14ClFO4/c1-18-13(19-2)6-12(7-13,11(16)17)10-8(14)4-3-5-9(10)15/h3-5H,6-7H2,1-2H3,(H,16,17). The van der Waals surface area contributed by atoms with E-state index in [0.717, 1.165) is 0 Å². The lowest BCUT2D eigenvalue weighted by atomic mass is 9.60. The number of hydrogen-bond acceptors (Lipinski definition) is 3. The SMILES string of the molecule is COC1(OC)CC(C(=O)O)(c2c(F)cccc2Cl)C1. The second-order valence-electron chi connectivity index (χ2n) is 4.66. The monoisotopic (exact) mass is 288 g/mol. The lowest BCUT2D eigenvalue weighted by Gasteiger charge is -2.51. The highest BCUT2D eigenvalue weighted by Crippen LogP contribution is 2.54. The molecule has 0 saturated heterocycles. The van der Waals surface area contributed by atoms with Crippen LogP contribution in [0.3, 0.4) is 0 Å². The molecule has 0 heterocycles. The van der Waals surface area contributed by atoms with Gasteiger partial charge in [0.1, 0.15) is 11.2 Å². The van der Waals surface area contributed by atoms with Crippen molar-refractivity contribution >= 4 is 17.6 Å². The van der Waals surface area contributed by atoms with Crippen LogP contribution in [0.25, 0.3) is 0 Å². The third-order valence-corrected chi connectivity index (χ3v) is 4.05. The van der Waals surface area contributed by atoms with Crippen molar-refractivity contribution in [2.45, 2.75) is 24.0 Å². The molecule has 0 amide bonds. The Bertz CT molecular complexity index is 485. The Morgan fingerprint density at radius 1 is 1.37 bits per heavy atom. The van der Waals surface area contributed by atoms with Crippen LogP contribution in [-0.2, 0) is 19.7 Å². The molecule has 1 aliphatic carbocycles. The zero-order chi connectivity index (χ0) is 14.3. The fourth-order valence-corrected chi connectivity index (χ4v) is 2.97. The summed E-state index contributed by atoms with van der Waals surface area (Å²) in [5.74, 6) is -2.76. The number of carbonyl (C=O) groups is 1. The summed E-state index contributed by atoms with van der Waals surface area (Å²) in [7, 11) is 2.86. The third kappa shape index (κ3) is 2.02. The summed E-state index contributed by atoms with van der Waals surface area (Å²) < 4.78 is 24.3. The van der Waals surface area contributed by atoms with Crippen molar-refractivity contribution in [3.05, 3.63) is 34.6 Å². The quantitative estimate of drug-likeness (QED) is 0.865. The van der Waals surface area contributed by atoms with Crippen LogP contribution in [0.4, 0.5) is 4.39 Å². The van der Waals surface area contributed by atoms with E-state index in [0.29, 0.717) is 0 Å². The largest absolute Gasteiger partial charge is 0.481 e. The molecule has 0 atom stereocenters. The first-order valence-electron chi connectivity index (χ1n) is 5.69. The molecule has 2 rings (SSSR count). The number of carboxylic acid groups (broad SMARTS) is 1. The van der Waals surface area contributed by atoms with Crippen LogP contribution >= 0.6 is 11.6 Å². The number of benzene rings is 1. The number of carboxylic acids is 1. The second-order valence-corrected chi connectivity index (χ2v) is 5.06. The van der Waals surface area contributed by atoms with Crippen LogP contribution in [-0.4, -0.2) is 31.1 Å². The van der Waals surface area contributed by atoms with Gasteiger partial charge < -0.3 is 14.6 Å². The number of aliphatic carboxylic acids is 1. The van der Waals surface area contributed by atoms with Gasteiger partial charge >= 0.3 is 5.97 Å². The number of rotatable bonds is 4. The lowest BCUT2D eigenvalue weighted by molar-refractivity contribution is -0.278. The number of hydrogen-bond donors (Lipinski definition) is 1. The first kappa shape index (κ1) is 14.2. The highest BCUT2D eigenvalue weighted by Gasteiger charge is 2.63. The fourth-order valence-electron chi connectivity index (χ4n) is 2.63. The van der Waals surface area contributed by atoms with E-state index in [2.05, 4.69) is 0 Å². The molecule has 0 unspecified atom stereocenters. The molecule has 0 aromatic heterocycles. The minimum Gasteiger partial charge on any atom is -0.481 e.